The summed E-state index contributed by atoms with van der Waals surface area (Å²) in [5, 5.41) is 0. The van der Waals surface area contributed by atoms with Crippen LogP contribution < -0.4 is 5.73 Å². The Bertz CT molecular complexity index is 289. The molecule has 1 aliphatic rings. The van der Waals surface area contributed by atoms with Crippen molar-refractivity contribution in [3.05, 3.63) is 35.4 Å². The minimum absolute atomic E-state index is 0.426. The third kappa shape index (κ3) is 2.16. The molecule has 0 heterocycles. The summed E-state index contributed by atoms with van der Waals surface area (Å²) in [6.07, 6.45) is 4.99. The molecule has 0 spiro atoms. The molecule has 14 heavy (non-hydrogen) atoms. The fourth-order valence-electron chi connectivity index (χ4n) is 2.37. The molecule has 2 N–H and O–H groups in total. The van der Waals surface area contributed by atoms with E-state index in [0.717, 1.165) is 0 Å². The second kappa shape index (κ2) is 4.14. The predicted octanol–water partition coefficient (Wildman–Crippen LogP) is 2.98. The Morgan fingerprint density at radius 3 is 2.50 bits per heavy atom. The van der Waals surface area contributed by atoms with Crippen LogP contribution in [0, 0.1) is 6.92 Å². The molecule has 0 aliphatic heterocycles. The minimum Gasteiger partial charge on any atom is -0.328 e. The Kier molecular flexibility index (Phi) is 2.87. The van der Waals surface area contributed by atoms with Gasteiger partial charge in [-0.05, 0) is 37.7 Å². The molecule has 2 rings (SSSR count). The van der Waals surface area contributed by atoms with E-state index in [-0.39, 0.29) is 0 Å². The van der Waals surface area contributed by atoms with Gasteiger partial charge < -0.3 is 5.73 Å². The van der Waals surface area contributed by atoms with Crippen molar-refractivity contribution < 1.29 is 0 Å². The van der Waals surface area contributed by atoms with Gasteiger partial charge in [0, 0.05) is 6.04 Å². The van der Waals surface area contributed by atoms with Crippen LogP contribution in [0.1, 0.15) is 42.7 Å². The maximum absolute atomic E-state index is 5.99. The number of rotatable bonds is 1. The van der Waals surface area contributed by atoms with Crippen LogP contribution in [-0.2, 0) is 0 Å². The Hall–Kier alpha value is -0.820. The average Bonchev–Trinajstić information content (AvgIpc) is 2.19. The van der Waals surface area contributed by atoms with Crippen molar-refractivity contribution in [2.45, 2.75) is 44.6 Å². The molecular weight excluding hydrogens is 170 g/mol. The van der Waals surface area contributed by atoms with E-state index >= 15 is 0 Å². The maximum atomic E-state index is 5.99. The largest absolute Gasteiger partial charge is 0.328 e. The molecular formula is C13H19N. The number of aryl methyl sites for hydroxylation is 1. The Morgan fingerprint density at radius 1 is 1.14 bits per heavy atom. The van der Waals surface area contributed by atoms with E-state index in [1.165, 1.54) is 36.8 Å². The molecule has 1 saturated carbocycles. The second-order valence-corrected chi connectivity index (χ2v) is 4.53. The van der Waals surface area contributed by atoms with E-state index in [9.17, 15) is 0 Å². The molecule has 76 valence electrons. The lowest BCUT2D eigenvalue weighted by atomic mass is 9.81. The number of benzene rings is 1. The molecule has 1 aromatic carbocycles. The lowest BCUT2D eigenvalue weighted by Crippen LogP contribution is -2.26. The second-order valence-electron chi connectivity index (χ2n) is 4.53. The van der Waals surface area contributed by atoms with Crippen molar-refractivity contribution >= 4 is 0 Å². The van der Waals surface area contributed by atoms with Gasteiger partial charge in [0.05, 0.1) is 0 Å². The molecule has 0 amide bonds. The summed E-state index contributed by atoms with van der Waals surface area (Å²) >= 11 is 0. The van der Waals surface area contributed by atoms with E-state index in [1.807, 2.05) is 0 Å². The fraction of sp³-hybridized carbons (Fsp3) is 0.538. The average molecular weight is 189 g/mol. The number of nitrogens with two attached hydrogens (primary N) is 1. The van der Waals surface area contributed by atoms with Crippen molar-refractivity contribution in [2.24, 2.45) is 5.73 Å². The summed E-state index contributed by atoms with van der Waals surface area (Å²) in [7, 11) is 0. The Labute approximate surface area is 86.3 Å². The normalized spacial score (nSPS) is 27.6. The quantitative estimate of drug-likeness (QED) is 0.722. The highest BCUT2D eigenvalue weighted by atomic mass is 14.6. The summed E-state index contributed by atoms with van der Waals surface area (Å²) in [6.45, 7) is 2.14. The first-order valence-electron chi connectivity index (χ1n) is 5.58. The maximum Gasteiger partial charge on any atom is 0.00446 e. The number of hydrogen-bond acceptors (Lipinski definition) is 1. The fourth-order valence-corrected chi connectivity index (χ4v) is 2.37. The molecule has 0 aromatic heterocycles. The Morgan fingerprint density at radius 2 is 1.86 bits per heavy atom. The van der Waals surface area contributed by atoms with E-state index in [1.54, 1.807) is 0 Å². The first kappa shape index (κ1) is 9.72. The molecule has 1 aliphatic carbocycles. The zero-order chi connectivity index (χ0) is 9.97. The zero-order valence-electron chi connectivity index (χ0n) is 8.87. The Balaban J connectivity index is 2.10. The lowest BCUT2D eigenvalue weighted by molar-refractivity contribution is 0.393. The van der Waals surface area contributed by atoms with Crippen LogP contribution in [-0.4, -0.2) is 6.04 Å². The summed E-state index contributed by atoms with van der Waals surface area (Å²) in [6, 6.07) is 9.36. The van der Waals surface area contributed by atoms with Crippen molar-refractivity contribution in [3.63, 3.8) is 0 Å². The van der Waals surface area contributed by atoms with Gasteiger partial charge >= 0.3 is 0 Å². The molecule has 0 saturated heterocycles. The first-order chi connectivity index (χ1) is 6.75. The lowest BCUT2D eigenvalue weighted by Gasteiger charge is -2.26. The molecule has 0 bridgehead atoms. The van der Waals surface area contributed by atoms with Crippen LogP contribution in [0.25, 0.3) is 0 Å². The van der Waals surface area contributed by atoms with E-state index in [4.69, 9.17) is 5.73 Å². The van der Waals surface area contributed by atoms with Gasteiger partial charge in [0.2, 0.25) is 0 Å². The van der Waals surface area contributed by atoms with Gasteiger partial charge in [-0.2, -0.15) is 0 Å². The van der Waals surface area contributed by atoms with Crippen LogP contribution in [0.2, 0.25) is 0 Å². The minimum atomic E-state index is 0.426. The summed E-state index contributed by atoms with van der Waals surface area (Å²) < 4.78 is 0. The van der Waals surface area contributed by atoms with Gasteiger partial charge in [0.15, 0.2) is 0 Å². The predicted molar refractivity (Wildman–Crippen MR) is 60.4 cm³/mol. The van der Waals surface area contributed by atoms with Gasteiger partial charge in [0.25, 0.3) is 0 Å². The van der Waals surface area contributed by atoms with E-state index in [0.29, 0.717) is 12.0 Å². The first-order valence-corrected chi connectivity index (χ1v) is 5.58. The number of hydrogen-bond donors (Lipinski definition) is 1. The molecule has 1 nitrogen and oxygen atoms in total. The van der Waals surface area contributed by atoms with Crippen molar-refractivity contribution in [1.29, 1.82) is 0 Å². The van der Waals surface area contributed by atoms with Crippen LogP contribution in [0.3, 0.4) is 0 Å². The van der Waals surface area contributed by atoms with Gasteiger partial charge in [-0.3, -0.25) is 0 Å². The molecule has 1 heteroatoms. The van der Waals surface area contributed by atoms with Crippen LogP contribution >= 0.6 is 0 Å². The third-order valence-electron chi connectivity index (χ3n) is 3.26. The molecule has 1 fully saturated rings. The third-order valence-corrected chi connectivity index (χ3v) is 3.26. The van der Waals surface area contributed by atoms with Gasteiger partial charge in [-0.15, -0.1) is 0 Å². The smallest absolute Gasteiger partial charge is 0.00446 e. The summed E-state index contributed by atoms with van der Waals surface area (Å²) in [5.41, 5.74) is 8.81. The highest BCUT2D eigenvalue weighted by Crippen LogP contribution is 2.31. The SMILES string of the molecule is Cc1ccc(C2CCCC(N)C2)cc1. The topological polar surface area (TPSA) is 26.0 Å². The molecule has 0 radical (unpaired) electrons. The highest BCUT2D eigenvalue weighted by Gasteiger charge is 2.20. The standard InChI is InChI=1S/C13H19N/c1-10-5-7-11(8-6-10)12-3-2-4-13(14)9-12/h5-8,12-13H,2-4,9,14H2,1H3. The van der Waals surface area contributed by atoms with Crippen molar-refractivity contribution in [1.82, 2.24) is 0 Å². The van der Waals surface area contributed by atoms with Crippen LogP contribution in [0.15, 0.2) is 24.3 Å². The summed E-state index contributed by atoms with van der Waals surface area (Å²) in [5.74, 6) is 0.708. The van der Waals surface area contributed by atoms with Crippen molar-refractivity contribution in [3.8, 4) is 0 Å². The summed E-state index contributed by atoms with van der Waals surface area (Å²) in [4.78, 5) is 0. The van der Waals surface area contributed by atoms with E-state index < -0.39 is 0 Å². The molecule has 2 unspecified atom stereocenters. The van der Waals surface area contributed by atoms with Gasteiger partial charge in [-0.1, -0.05) is 36.2 Å². The van der Waals surface area contributed by atoms with Crippen LogP contribution in [0.4, 0.5) is 0 Å². The molecule has 2 atom stereocenters. The zero-order valence-corrected chi connectivity index (χ0v) is 8.87. The highest BCUT2D eigenvalue weighted by molar-refractivity contribution is 5.25. The molecule has 1 aromatic rings. The van der Waals surface area contributed by atoms with Crippen LogP contribution in [0.5, 0.6) is 0 Å². The van der Waals surface area contributed by atoms with Gasteiger partial charge in [-0.25, -0.2) is 0 Å². The van der Waals surface area contributed by atoms with Crippen molar-refractivity contribution in [2.75, 3.05) is 0 Å². The van der Waals surface area contributed by atoms with Gasteiger partial charge in [0.1, 0.15) is 0 Å². The van der Waals surface area contributed by atoms with E-state index in [2.05, 4.69) is 31.2 Å². The monoisotopic (exact) mass is 189 g/mol.